The highest BCUT2D eigenvalue weighted by atomic mass is 32.2. The maximum absolute atomic E-state index is 11.8. The molecular formula is C11H13NO4S2. The number of thiophene rings is 1. The number of carboxylic acid groups (broad SMARTS) is 1. The second kappa shape index (κ2) is 6.54. The summed E-state index contributed by atoms with van der Waals surface area (Å²) in [6.07, 6.45) is 0.519. The van der Waals surface area contributed by atoms with Crippen LogP contribution in [-0.4, -0.2) is 31.9 Å². The van der Waals surface area contributed by atoms with Crippen molar-refractivity contribution in [3.05, 3.63) is 17.0 Å². The van der Waals surface area contributed by atoms with Gasteiger partial charge in [0.2, 0.25) is 9.84 Å². The van der Waals surface area contributed by atoms with E-state index in [0.717, 1.165) is 16.9 Å². The van der Waals surface area contributed by atoms with Crippen molar-refractivity contribution in [3.63, 3.8) is 0 Å². The summed E-state index contributed by atoms with van der Waals surface area (Å²) in [5.41, 5.74) is 0.853. The molecule has 2 N–H and O–H groups in total. The Labute approximate surface area is 110 Å². The molecule has 0 unspecified atom stereocenters. The number of hydrogen-bond donors (Lipinski definition) is 2. The van der Waals surface area contributed by atoms with Crippen LogP contribution in [0.25, 0.3) is 0 Å². The number of nitrogens with one attached hydrogen (secondary N) is 1. The lowest BCUT2D eigenvalue weighted by molar-refractivity contribution is -0.135. The summed E-state index contributed by atoms with van der Waals surface area (Å²) in [4.78, 5) is 10.3. The van der Waals surface area contributed by atoms with Crippen LogP contribution in [0.5, 0.6) is 0 Å². The SMILES string of the molecule is CC#CCc1csc(S(=O)(=O)CNCC(=O)O)c1. The van der Waals surface area contributed by atoms with E-state index < -0.39 is 15.8 Å². The van der Waals surface area contributed by atoms with E-state index in [-0.39, 0.29) is 16.6 Å². The fourth-order valence-electron chi connectivity index (χ4n) is 1.16. The highest BCUT2D eigenvalue weighted by Gasteiger charge is 2.16. The fourth-order valence-corrected chi connectivity index (χ4v) is 3.55. The molecule has 1 aromatic rings. The molecule has 0 atom stereocenters. The van der Waals surface area contributed by atoms with Crippen LogP contribution in [0.3, 0.4) is 0 Å². The topological polar surface area (TPSA) is 83.5 Å². The van der Waals surface area contributed by atoms with E-state index in [4.69, 9.17) is 5.11 Å². The van der Waals surface area contributed by atoms with E-state index in [1.165, 1.54) is 0 Å². The van der Waals surface area contributed by atoms with Gasteiger partial charge < -0.3 is 5.11 Å². The molecule has 0 aromatic carbocycles. The van der Waals surface area contributed by atoms with Gasteiger partial charge in [-0.05, 0) is 23.9 Å². The van der Waals surface area contributed by atoms with Crippen LogP contribution in [0.4, 0.5) is 0 Å². The first-order valence-corrected chi connectivity index (χ1v) is 7.61. The van der Waals surface area contributed by atoms with E-state index in [1.54, 1.807) is 18.4 Å². The zero-order valence-electron chi connectivity index (χ0n) is 9.76. The summed E-state index contributed by atoms with van der Waals surface area (Å²) < 4.78 is 23.9. The Morgan fingerprint density at radius 3 is 2.89 bits per heavy atom. The lowest BCUT2D eigenvalue weighted by Crippen LogP contribution is -2.28. The molecule has 0 aliphatic carbocycles. The first-order chi connectivity index (χ1) is 8.45. The van der Waals surface area contributed by atoms with Crippen LogP contribution < -0.4 is 5.32 Å². The van der Waals surface area contributed by atoms with Gasteiger partial charge in [-0.3, -0.25) is 10.1 Å². The Morgan fingerprint density at radius 2 is 2.28 bits per heavy atom. The lowest BCUT2D eigenvalue weighted by Gasteiger charge is -2.01. The third kappa shape index (κ3) is 4.49. The van der Waals surface area contributed by atoms with E-state index in [9.17, 15) is 13.2 Å². The molecule has 0 aliphatic rings. The molecule has 1 heterocycles. The third-order valence-electron chi connectivity index (χ3n) is 1.97. The molecule has 0 saturated heterocycles. The van der Waals surface area contributed by atoms with Gasteiger partial charge in [0.1, 0.15) is 10.1 Å². The molecule has 0 aliphatic heterocycles. The number of carboxylic acids is 1. The smallest absolute Gasteiger partial charge is 0.317 e. The molecule has 98 valence electrons. The van der Waals surface area contributed by atoms with Crippen LogP contribution in [0.15, 0.2) is 15.7 Å². The van der Waals surface area contributed by atoms with Gasteiger partial charge in [0.25, 0.3) is 0 Å². The Bertz CT molecular complexity index is 578. The van der Waals surface area contributed by atoms with Crippen LogP contribution in [-0.2, 0) is 21.1 Å². The van der Waals surface area contributed by atoms with Gasteiger partial charge in [-0.25, -0.2) is 8.42 Å². The minimum atomic E-state index is -3.46. The van der Waals surface area contributed by atoms with E-state index in [0.29, 0.717) is 6.42 Å². The van der Waals surface area contributed by atoms with Gasteiger partial charge in [0, 0.05) is 6.42 Å². The number of sulfone groups is 1. The number of rotatable bonds is 6. The van der Waals surface area contributed by atoms with Crippen LogP contribution in [0, 0.1) is 11.8 Å². The van der Waals surface area contributed by atoms with Gasteiger partial charge in [0.15, 0.2) is 0 Å². The van der Waals surface area contributed by atoms with E-state index in [2.05, 4.69) is 17.2 Å². The molecule has 18 heavy (non-hydrogen) atoms. The molecule has 0 bridgehead atoms. The van der Waals surface area contributed by atoms with Gasteiger partial charge in [-0.2, -0.15) is 0 Å². The molecule has 0 radical (unpaired) electrons. The summed E-state index contributed by atoms with van der Waals surface area (Å²) in [5, 5.41) is 12.5. The molecule has 5 nitrogen and oxygen atoms in total. The summed E-state index contributed by atoms with van der Waals surface area (Å²) in [6, 6.07) is 1.58. The lowest BCUT2D eigenvalue weighted by atomic mass is 10.2. The predicted molar refractivity (Wildman–Crippen MR) is 69.2 cm³/mol. The first kappa shape index (κ1) is 14.7. The zero-order valence-corrected chi connectivity index (χ0v) is 11.4. The standard InChI is InChI=1S/C11H13NO4S2/c1-2-3-4-9-5-11(17-7-9)18(15,16)8-12-6-10(13)14/h5,7,12H,4,6,8H2,1H3,(H,13,14). The second-order valence-corrected chi connectivity index (χ2v) is 6.58. The monoisotopic (exact) mass is 287 g/mol. The average molecular weight is 287 g/mol. The van der Waals surface area contributed by atoms with Crippen molar-refractivity contribution in [3.8, 4) is 11.8 Å². The normalized spacial score (nSPS) is 10.7. The van der Waals surface area contributed by atoms with Crippen molar-refractivity contribution in [2.75, 3.05) is 12.4 Å². The summed E-state index contributed by atoms with van der Waals surface area (Å²) >= 11 is 1.12. The Balaban J connectivity index is 2.69. The van der Waals surface area contributed by atoms with Gasteiger partial charge in [0.05, 0.1) is 6.54 Å². The van der Waals surface area contributed by atoms with E-state index in [1.807, 2.05) is 0 Å². The Kier molecular flexibility index (Phi) is 5.34. The summed E-state index contributed by atoms with van der Waals surface area (Å²) in [5.74, 6) is 4.13. The van der Waals surface area contributed by atoms with Crippen LogP contribution in [0.2, 0.25) is 0 Å². The van der Waals surface area contributed by atoms with Crippen molar-refractivity contribution >= 4 is 27.1 Å². The van der Waals surface area contributed by atoms with Gasteiger partial charge >= 0.3 is 5.97 Å². The average Bonchev–Trinajstić information content (AvgIpc) is 2.74. The minimum Gasteiger partial charge on any atom is -0.480 e. The predicted octanol–water partition coefficient (Wildman–Crippen LogP) is 0.719. The van der Waals surface area contributed by atoms with Crippen molar-refractivity contribution in [2.45, 2.75) is 17.6 Å². The summed E-state index contributed by atoms with van der Waals surface area (Å²) in [6.45, 7) is 1.35. The van der Waals surface area contributed by atoms with Crippen LogP contribution in [0.1, 0.15) is 12.5 Å². The number of carbonyl (C=O) groups is 1. The van der Waals surface area contributed by atoms with Crippen molar-refractivity contribution < 1.29 is 18.3 Å². The number of hydrogen-bond acceptors (Lipinski definition) is 5. The molecule has 1 aromatic heterocycles. The largest absolute Gasteiger partial charge is 0.480 e. The minimum absolute atomic E-state index is 0.230. The molecule has 0 spiro atoms. The third-order valence-corrected chi connectivity index (χ3v) is 5.11. The van der Waals surface area contributed by atoms with Gasteiger partial charge in [-0.1, -0.05) is 5.92 Å². The molecular weight excluding hydrogens is 274 g/mol. The molecule has 0 amide bonds. The zero-order chi connectivity index (χ0) is 13.6. The second-order valence-electron chi connectivity index (χ2n) is 3.46. The highest BCUT2D eigenvalue weighted by Crippen LogP contribution is 2.21. The molecule has 1 rings (SSSR count). The Hall–Kier alpha value is -1.36. The van der Waals surface area contributed by atoms with Crippen molar-refractivity contribution in [1.82, 2.24) is 5.32 Å². The highest BCUT2D eigenvalue weighted by molar-refractivity contribution is 7.93. The first-order valence-electron chi connectivity index (χ1n) is 5.08. The fraction of sp³-hybridized carbons (Fsp3) is 0.364. The number of aliphatic carboxylic acids is 1. The maximum Gasteiger partial charge on any atom is 0.317 e. The summed E-state index contributed by atoms with van der Waals surface area (Å²) in [7, 11) is -3.46. The Morgan fingerprint density at radius 1 is 1.56 bits per heavy atom. The maximum atomic E-state index is 11.8. The van der Waals surface area contributed by atoms with Crippen molar-refractivity contribution in [2.24, 2.45) is 0 Å². The van der Waals surface area contributed by atoms with Crippen molar-refractivity contribution in [1.29, 1.82) is 0 Å². The molecule has 0 saturated carbocycles. The van der Waals surface area contributed by atoms with Crippen LogP contribution >= 0.6 is 11.3 Å². The quantitative estimate of drug-likeness (QED) is 0.753. The van der Waals surface area contributed by atoms with E-state index >= 15 is 0 Å². The van der Waals surface area contributed by atoms with Gasteiger partial charge in [-0.15, -0.1) is 17.3 Å². The molecule has 7 heteroatoms. The molecule has 0 fully saturated rings.